The third-order valence-electron chi connectivity index (χ3n) is 7.48. The Balaban J connectivity index is 1.31. The smallest absolute Gasteiger partial charge is 0.243 e. The second-order valence-corrected chi connectivity index (χ2v) is 11.6. The van der Waals surface area contributed by atoms with Crippen molar-refractivity contribution in [2.75, 3.05) is 20.2 Å². The van der Waals surface area contributed by atoms with E-state index in [-0.39, 0.29) is 12.0 Å². The molecule has 186 valence electrons. The van der Waals surface area contributed by atoms with Gasteiger partial charge in [0.05, 0.1) is 22.9 Å². The summed E-state index contributed by atoms with van der Waals surface area (Å²) in [4.78, 5) is 10.1. The molecule has 2 aromatic carbocycles. The Morgan fingerprint density at radius 2 is 1.63 bits per heavy atom. The first kappa shape index (κ1) is 24.0. The highest BCUT2D eigenvalue weighted by atomic mass is 32.2. The van der Waals surface area contributed by atoms with Crippen molar-refractivity contribution in [3.05, 3.63) is 54.4 Å². The van der Waals surface area contributed by atoms with Crippen molar-refractivity contribution in [2.45, 2.75) is 62.4 Å². The van der Waals surface area contributed by atoms with Crippen LogP contribution in [0.5, 0.6) is 11.6 Å². The molecule has 1 aliphatic carbocycles. The maximum atomic E-state index is 13.1. The van der Waals surface area contributed by atoms with Gasteiger partial charge in [0.1, 0.15) is 17.7 Å². The molecular formula is C27H33N3O4S. The molecule has 8 heteroatoms. The summed E-state index contributed by atoms with van der Waals surface area (Å²) in [6, 6.07) is 14.6. The monoisotopic (exact) mass is 495 g/mol. The van der Waals surface area contributed by atoms with Crippen molar-refractivity contribution in [2.24, 2.45) is 5.92 Å². The molecule has 2 aliphatic rings. The second kappa shape index (κ2) is 10.1. The zero-order chi connectivity index (χ0) is 24.4. The van der Waals surface area contributed by atoms with Crippen LogP contribution in [0, 0.1) is 5.92 Å². The lowest BCUT2D eigenvalue weighted by molar-refractivity contribution is 0.201. The first-order valence-electron chi connectivity index (χ1n) is 12.5. The average Bonchev–Trinajstić information content (AvgIpc) is 3.41. The number of hydrogen-bond acceptors (Lipinski definition) is 6. The summed E-state index contributed by atoms with van der Waals surface area (Å²) in [6.07, 6.45) is 6.32. The van der Waals surface area contributed by atoms with Crippen molar-refractivity contribution in [3.8, 4) is 11.6 Å². The zero-order valence-corrected chi connectivity index (χ0v) is 21.2. The number of fused-ring (bicyclic) bond motifs is 1. The van der Waals surface area contributed by atoms with E-state index in [1.807, 2.05) is 24.3 Å². The molecule has 1 saturated heterocycles. The molecule has 2 heterocycles. The van der Waals surface area contributed by atoms with E-state index in [0.717, 1.165) is 42.4 Å². The van der Waals surface area contributed by atoms with Gasteiger partial charge in [0.2, 0.25) is 15.9 Å². The standard InChI is InChI=1S/C27H33N3O4S/c1-19(20-15-17-30(18-16-20)35(31,32)23-13-11-21(33-2)12-14-23)26-28-25-10-6-5-9-24(25)27(29-26)34-22-7-3-4-8-22/h5-6,9-14,19-20,22H,3-4,7-8,15-18H2,1-2H3. The maximum absolute atomic E-state index is 13.1. The van der Waals surface area contributed by atoms with Gasteiger partial charge in [0, 0.05) is 19.0 Å². The maximum Gasteiger partial charge on any atom is 0.243 e. The number of ether oxygens (including phenoxy) is 2. The Morgan fingerprint density at radius 3 is 2.31 bits per heavy atom. The summed E-state index contributed by atoms with van der Waals surface area (Å²) in [7, 11) is -1.96. The van der Waals surface area contributed by atoms with Gasteiger partial charge in [-0.25, -0.2) is 13.4 Å². The van der Waals surface area contributed by atoms with Crippen molar-refractivity contribution < 1.29 is 17.9 Å². The topological polar surface area (TPSA) is 81.6 Å². The summed E-state index contributed by atoms with van der Waals surface area (Å²) in [5.74, 6) is 2.52. The minimum absolute atomic E-state index is 0.108. The molecule has 2 fully saturated rings. The lowest BCUT2D eigenvalue weighted by Crippen LogP contribution is -2.39. The highest BCUT2D eigenvalue weighted by Crippen LogP contribution is 2.35. The molecular weight excluding hydrogens is 462 g/mol. The van der Waals surface area contributed by atoms with Crippen LogP contribution in [0.3, 0.4) is 0 Å². The minimum atomic E-state index is -3.52. The van der Waals surface area contributed by atoms with Gasteiger partial charge in [-0.15, -0.1) is 0 Å². The number of benzene rings is 2. The molecule has 0 N–H and O–H groups in total. The Hall–Kier alpha value is -2.71. The largest absolute Gasteiger partial charge is 0.497 e. The molecule has 1 saturated carbocycles. The van der Waals surface area contributed by atoms with E-state index in [9.17, 15) is 8.42 Å². The van der Waals surface area contributed by atoms with E-state index in [1.54, 1.807) is 35.7 Å². The van der Waals surface area contributed by atoms with Crippen LogP contribution in [0.25, 0.3) is 10.9 Å². The minimum Gasteiger partial charge on any atom is -0.497 e. The number of sulfonamides is 1. The van der Waals surface area contributed by atoms with E-state index in [1.165, 1.54) is 12.8 Å². The Kier molecular flexibility index (Phi) is 6.93. The number of methoxy groups -OCH3 is 1. The fourth-order valence-corrected chi connectivity index (χ4v) is 6.72. The van der Waals surface area contributed by atoms with E-state index < -0.39 is 10.0 Å². The summed E-state index contributed by atoms with van der Waals surface area (Å²) < 4.78 is 39.4. The lowest BCUT2D eigenvalue weighted by Gasteiger charge is -2.33. The number of aromatic nitrogens is 2. The van der Waals surface area contributed by atoms with Crippen LogP contribution in [0.1, 0.15) is 57.2 Å². The van der Waals surface area contributed by atoms with Crippen LogP contribution in [-0.4, -0.2) is 49.0 Å². The van der Waals surface area contributed by atoms with E-state index in [4.69, 9.17) is 19.4 Å². The summed E-state index contributed by atoms with van der Waals surface area (Å²) >= 11 is 0. The van der Waals surface area contributed by atoms with Gasteiger partial charge in [0.15, 0.2) is 0 Å². The van der Waals surface area contributed by atoms with E-state index in [2.05, 4.69) is 6.92 Å². The van der Waals surface area contributed by atoms with Gasteiger partial charge in [-0.3, -0.25) is 0 Å². The zero-order valence-electron chi connectivity index (χ0n) is 20.4. The van der Waals surface area contributed by atoms with Crippen LogP contribution in [0.4, 0.5) is 0 Å². The first-order chi connectivity index (χ1) is 17.0. The van der Waals surface area contributed by atoms with Gasteiger partial charge < -0.3 is 9.47 Å². The van der Waals surface area contributed by atoms with Crippen LogP contribution in [0.2, 0.25) is 0 Å². The van der Waals surface area contributed by atoms with Crippen LogP contribution in [-0.2, 0) is 10.0 Å². The number of hydrogen-bond donors (Lipinski definition) is 0. The molecule has 1 unspecified atom stereocenters. The van der Waals surface area contributed by atoms with Gasteiger partial charge in [-0.05, 0) is 80.8 Å². The molecule has 0 radical (unpaired) electrons. The Morgan fingerprint density at radius 1 is 0.943 bits per heavy atom. The van der Waals surface area contributed by atoms with Crippen LogP contribution in [0.15, 0.2) is 53.4 Å². The quantitative estimate of drug-likeness (QED) is 0.450. The lowest BCUT2D eigenvalue weighted by atomic mass is 9.85. The van der Waals surface area contributed by atoms with Gasteiger partial charge >= 0.3 is 0 Å². The van der Waals surface area contributed by atoms with E-state index in [0.29, 0.717) is 35.5 Å². The van der Waals surface area contributed by atoms with Gasteiger partial charge in [0.25, 0.3) is 0 Å². The number of rotatable bonds is 7. The molecule has 5 rings (SSSR count). The molecule has 0 amide bonds. The van der Waals surface area contributed by atoms with Crippen LogP contribution < -0.4 is 9.47 Å². The highest BCUT2D eigenvalue weighted by Gasteiger charge is 2.33. The summed E-state index contributed by atoms with van der Waals surface area (Å²) in [6.45, 7) is 3.13. The summed E-state index contributed by atoms with van der Waals surface area (Å²) in [5.41, 5.74) is 0.900. The van der Waals surface area contributed by atoms with Crippen molar-refractivity contribution in [1.82, 2.24) is 14.3 Å². The third-order valence-corrected chi connectivity index (χ3v) is 9.39. The predicted molar refractivity (Wildman–Crippen MR) is 135 cm³/mol. The predicted octanol–water partition coefficient (Wildman–Crippen LogP) is 5.16. The number of piperidine rings is 1. The molecule has 0 bridgehead atoms. The van der Waals surface area contributed by atoms with Crippen LogP contribution >= 0.6 is 0 Å². The van der Waals surface area contributed by atoms with Crippen molar-refractivity contribution in [3.63, 3.8) is 0 Å². The number of para-hydroxylation sites is 1. The molecule has 1 atom stereocenters. The van der Waals surface area contributed by atoms with Crippen molar-refractivity contribution in [1.29, 1.82) is 0 Å². The third kappa shape index (κ3) is 5.00. The normalized spacial score (nSPS) is 19.1. The first-order valence-corrected chi connectivity index (χ1v) is 14.0. The average molecular weight is 496 g/mol. The van der Waals surface area contributed by atoms with Gasteiger partial charge in [-0.2, -0.15) is 9.29 Å². The number of nitrogens with zero attached hydrogens (tertiary/aromatic N) is 3. The molecule has 0 spiro atoms. The molecule has 35 heavy (non-hydrogen) atoms. The fourth-order valence-electron chi connectivity index (χ4n) is 5.25. The highest BCUT2D eigenvalue weighted by molar-refractivity contribution is 7.89. The fraction of sp³-hybridized carbons (Fsp3) is 0.481. The Bertz CT molecular complexity index is 1270. The second-order valence-electron chi connectivity index (χ2n) is 9.63. The summed E-state index contributed by atoms with van der Waals surface area (Å²) in [5, 5.41) is 0.954. The SMILES string of the molecule is COc1ccc(S(=O)(=O)N2CCC(C(C)c3nc(OC4CCCC4)c4ccccc4n3)CC2)cc1. The van der Waals surface area contributed by atoms with Gasteiger partial charge in [-0.1, -0.05) is 19.1 Å². The molecule has 1 aromatic heterocycles. The van der Waals surface area contributed by atoms with Crippen molar-refractivity contribution >= 4 is 20.9 Å². The molecule has 1 aliphatic heterocycles. The molecule has 7 nitrogen and oxygen atoms in total. The molecule has 3 aromatic rings. The Labute approximate surface area is 207 Å². The van der Waals surface area contributed by atoms with E-state index >= 15 is 0 Å².